The molecule has 0 saturated heterocycles. The third-order valence-corrected chi connectivity index (χ3v) is 6.64. The number of anilines is 1. The fourth-order valence-corrected chi connectivity index (χ4v) is 4.56. The van der Waals surface area contributed by atoms with Gasteiger partial charge in [-0.1, -0.05) is 25.5 Å². The lowest BCUT2D eigenvalue weighted by molar-refractivity contribution is 0.0466. The van der Waals surface area contributed by atoms with Gasteiger partial charge < -0.3 is 15.0 Å². The summed E-state index contributed by atoms with van der Waals surface area (Å²) in [6, 6.07) is 16.8. The molecule has 0 radical (unpaired) electrons. The number of likely N-dealkylation sites (N-methyl/N-ethyl adjacent to an activating group) is 1. The topological polar surface area (TPSA) is 71.5 Å². The van der Waals surface area contributed by atoms with Crippen molar-refractivity contribution in [2.24, 2.45) is 0 Å². The maximum Gasteiger partial charge on any atom is 0.338 e. The minimum absolute atomic E-state index is 0.201. The molecule has 6 nitrogen and oxygen atoms in total. The van der Waals surface area contributed by atoms with E-state index in [1.807, 2.05) is 25.1 Å². The van der Waals surface area contributed by atoms with Gasteiger partial charge >= 0.3 is 5.97 Å². The molecule has 4 rings (SSSR count). The van der Waals surface area contributed by atoms with Crippen LogP contribution in [-0.2, 0) is 4.74 Å². The predicted octanol–water partition coefficient (Wildman–Crippen LogP) is 5.51. The summed E-state index contributed by atoms with van der Waals surface area (Å²) in [4.78, 5) is 33.3. The van der Waals surface area contributed by atoms with Crippen LogP contribution in [0.3, 0.4) is 0 Å². The number of fused-ring (bicyclic) bond motifs is 2. The van der Waals surface area contributed by atoms with Crippen LogP contribution in [0.4, 0.5) is 5.69 Å². The second-order valence-corrected chi connectivity index (χ2v) is 8.91. The molecule has 33 heavy (non-hydrogen) atoms. The quantitative estimate of drug-likeness (QED) is 0.350. The fourth-order valence-electron chi connectivity index (χ4n) is 3.64. The second kappa shape index (κ2) is 10.1. The van der Waals surface area contributed by atoms with E-state index in [1.54, 1.807) is 24.3 Å². The van der Waals surface area contributed by atoms with E-state index >= 15 is 0 Å². The Bertz CT molecular complexity index is 1290. The first-order valence-electron chi connectivity index (χ1n) is 11.1. The Morgan fingerprint density at radius 2 is 1.76 bits per heavy atom. The molecule has 0 spiro atoms. The molecule has 0 fully saturated rings. The van der Waals surface area contributed by atoms with Crippen molar-refractivity contribution in [1.29, 1.82) is 0 Å². The van der Waals surface area contributed by atoms with Crippen LogP contribution in [0.1, 0.15) is 39.4 Å². The summed E-state index contributed by atoms with van der Waals surface area (Å²) in [6.45, 7) is 9.13. The van der Waals surface area contributed by atoms with E-state index in [9.17, 15) is 9.59 Å². The molecule has 1 amide bonds. The van der Waals surface area contributed by atoms with Gasteiger partial charge in [-0.15, -0.1) is 11.3 Å². The lowest BCUT2D eigenvalue weighted by Crippen LogP contribution is -2.27. The number of nitrogens with zero attached hydrogens (tertiary/aromatic N) is 2. The number of hydrogen-bond donors (Lipinski definition) is 1. The van der Waals surface area contributed by atoms with Crippen molar-refractivity contribution in [2.45, 2.75) is 20.8 Å². The minimum atomic E-state index is -0.363. The van der Waals surface area contributed by atoms with Gasteiger partial charge in [-0.3, -0.25) is 4.79 Å². The summed E-state index contributed by atoms with van der Waals surface area (Å²) < 4.78 is 5.35. The van der Waals surface area contributed by atoms with E-state index in [0.29, 0.717) is 29.3 Å². The van der Waals surface area contributed by atoms with E-state index in [0.717, 1.165) is 34.2 Å². The smallest absolute Gasteiger partial charge is 0.338 e. The Kier molecular flexibility index (Phi) is 7.01. The summed E-state index contributed by atoms with van der Waals surface area (Å²) >= 11 is 1.37. The Morgan fingerprint density at radius 1 is 1.00 bits per heavy atom. The molecule has 0 bridgehead atoms. The maximum atomic E-state index is 12.8. The van der Waals surface area contributed by atoms with Crippen molar-refractivity contribution in [3.63, 3.8) is 0 Å². The highest BCUT2D eigenvalue weighted by Gasteiger charge is 2.13. The Morgan fingerprint density at radius 3 is 2.48 bits per heavy atom. The molecule has 0 unspecified atom stereocenters. The van der Waals surface area contributed by atoms with Crippen LogP contribution in [-0.4, -0.2) is 48.0 Å². The Hall–Kier alpha value is -3.29. The first-order chi connectivity index (χ1) is 16.0. The number of aromatic nitrogens is 1. The van der Waals surface area contributed by atoms with Crippen LogP contribution in [0, 0.1) is 6.92 Å². The SMILES string of the molecule is CCN(CC)CCOC(=O)c1ccc(NC(=O)c2cc3cc4cc(C)ccc4nc3s2)cc1. The average Bonchev–Trinajstić information content (AvgIpc) is 3.23. The molecule has 2 aromatic carbocycles. The molecule has 170 valence electrons. The zero-order valence-electron chi connectivity index (χ0n) is 19.1. The normalized spacial score (nSPS) is 11.3. The third kappa shape index (κ3) is 5.38. The highest BCUT2D eigenvalue weighted by molar-refractivity contribution is 7.20. The van der Waals surface area contributed by atoms with E-state index in [4.69, 9.17) is 9.72 Å². The molecule has 0 aliphatic heterocycles. The van der Waals surface area contributed by atoms with Gasteiger partial charge in [-0.2, -0.15) is 0 Å². The van der Waals surface area contributed by atoms with Gasteiger partial charge in [-0.05, 0) is 68.5 Å². The van der Waals surface area contributed by atoms with Crippen molar-refractivity contribution in [3.05, 3.63) is 70.6 Å². The van der Waals surface area contributed by atoms with Crippen LogP contribution in [0.15, 0.2) is 54.6 Å². The van der Waals surface area contributed by atoms with Crippen molar-refractivity contribution in [2.75, 3.05) is 31.6 Å². The number of carbonyl (C=O) groups is 2. The number of ether oxygens (including phenoxy) is 1. The molecule has 0 atom stereocenters. The lowest BCUT2D eigenvalue weighted by atomic mass is 10.1. The van der Waals surface area contributed by atoms with Crippen LogP contribution in [0.25, 0.3) is 21.1 Å². The van der Waals surface area contributed by atoms with Crippen LogP contribution >= 0.6 is 11.3 Å². The van der Waals surface area contributed by atoms with Gasteiger partial charge in [0.25, 0.3) is 5.91 Å². The largest absolute Gasteiger partial charge is 0.461 e. The molecule has 4 aromatic rings. The number of benzene rings is 2. The van der Waals surface area contributed by atoms with Crippen molar-refractivity contribution >= 4 is 50.0 Å². The number of esters is 1. The monoisotopic (exact) mass is 461 g/mol. The van der Waals surface area contributed by atoms with E-state index in [2.05, 4.69) is 36.2 Å². The van der Waals surface area contributed by atoms with Crippen LogP contribution < -0.4 is 5.32 Å². The molecule has 0 saturated carbocycles. The molecule has 2 heterocycles. The van der Waals surface area contributed by atoms with Gasteiger partial charge in [0.1, 0.15) is 11.4 Å². The summed E-state index contributed by atoms with van der Waals surface area (Å²) in [7, 11) is 0. The number of thiophene rings is 1. The van der Waals surface area contributed by atoms with E-state index in [-0.39, 0.29) is 11.9 Å². The van der Waals surface area contributed by atoms with Gasteiger partial charge in [0.2, 0.25) is 0 Å². The molecular formula is C26H27N3O3S. The lowest BCUT2D eigenvalue weighted by Gasteiger charge is -2.17. The molecule has 7 heteroatoms. The minimum Gasteiger partial charge on any atom is -0.461 e. The molecule has 1 N–H and O–H groups in total. The fraction of sp³-hybridized carbons (Fsp3) is 0.269. The van der Waals surface area contributed by atoms with Crippen molar-refractivity contribution < 1.29 is 14.3 Å². The van der Waals surface area contributed by atoms with Crippen LogP contribution in [0.2, 0.25) is 0 Å². The number of hydrogen-bond acceptors (Lipinski definition) is 6. The Labute approximate surface area is 197 Å². The van der Waals surface area contributed by atoms with E-state index < -0.39 is 0 Å². The molecular weight excluding hydrogens is 434 g/mol. The zero-order valence-corrected chi connectivity index (χ0v) is 19.9. The highest BCUT2D eigenvalue weighted by Crippen LogP contribution is 2.28. The predicted molar refractivity (Wildman–Crippen MR) is 134 cm³/mol. The number of amides is 1. The average molecular weight is 462 g/mol. The summed E-state index contributed by atoms with van der Waals surface area (Å²) in [5, 5.41) is 4.91. The van der Waals surface area contributed by atoms with E-state index in [1.165, 1.54) is 16.9 Å². The van der Waals surface area contributed by atoms with Gasteiger partial charge in [0.05, 0.1) is 16.0 Å². The van der Waals surface area contributed by atoms with Gasteiger partial charge in [-0.25, -0.2) is 9.78 Å². The number of pyridine rings is 1. The first kappa shape index (κ1) is 22.9. The van der Waals surface area contributed by atoms with Crippen molar-refractivity contribution in [3.8, 4) is 0 Å². The summed E-state index contributed by atoms with van der Waals surface area (Å²) in [6.07, 6.45) is 0. The third-order valence-electron chi connectivity index (χ3n) is 5.59. The first-order valence-corrected chi connectivity index (χ1v) is 11.9. The number of carbonyl (C=O) groups excluding carboxylic acids is 2. The molecule has 0 aliphatic rings. The standard InChI is InChI=1S/C26H27N3O3S/c1-4-29(5-2)12-13-32-26(31)18-7-9-21(10-8-18)27-24(30)23-16-20-15-19-14-17(3)6-11-22(19)28-25(20)33-23/h6-11,14-16H,4-5,12-13H2,1-3H3,(H,27,30). The van der Waals surface area contributed by atoms with Crippen LogP contribution in [0.5, 0.6) is 0 Å². The Balaban J connectivity index is 1.40. The number of aryl methyl sites for hydroxylation is 1. The highest BCUT2D eigenvalue weighted by atomic mass is 32.1. The van der Waals surface area contributed by atoms with Gasteiger partial charge in [0.15, 0.2) is 0 Å². The number of nitrogens with one attached hydrogen (secondary N) is 1. The van der Waals surface area contributed by atoms with Crippen molar-refractivity contribution in [1.82, 2.24) is 9.88 Å². The molecule has 2 aromatic heterocycles. The summed E-state index contributed by atoms with van der Waals surface area (Å²) in [5.41, 5.74) is 3.17. The second-order valence-electron chi connectivity index (χ2n) is 7.88. The maximum absolute atomic E-state index is 12.8. The zero-order chi connectivity index (χ0) is 23.4. The van der Waals surface area contributed by atoms with Gasteiger partial charge in [0, 0.05) is 23.0 Å². The number of rotatable bonds is 8. The molecule has 0 aliphatic carbocycles. The summed E-state index contributed by atoms with van der Waals surface area (Å²) in [5.74, 6) is -0.564.